The van der Waals surface area contributed by atoms with Crippen molar-refractivity contribution in [1.29, 1.82) is 0 Å². The molecule has 0 bridgehead atoms. The van der Waals surface area contributed by atoms with E-state index in [4.69, 9.17) is 4.74 Å². The Morgan fingerprint density at radius 1 is 0.592 bits per heavy atom. The number of nitrogens with one attached hydrogen (secondary N) is 1. The summed E-state index contributed by atoms with van der Waals surface area (Å²) in [6.07, 6.45) is 13.0. The highest BCUT2D eigenvalue weighted by molar-refractivity contribution is 5.94. The Hall–Kier alpha value is -3.77. The largest absolute Gasteiger partial charge is 0.390 e. The van der Waals surface area contributed by atoms with E-state index in [0.29, 0.717) is 12.0 Å². The van der Waals surface area contributed by atoms with Gasteiger partial charge in [-0.25, -0.2) is 0 Å². The molecule has 0 aliphatic heterocycles. The zero-order valence-electron chi connectivity index (χ0n) is 29.4. The molecule has 262 valence electrons. The summed E-state index contributed by atoms with van der Waals surface area (Å²) < 4.78 is 6.99. The highest BCUT2D eigenvalue weighted by Crippen LogP contribution is 2.40. The molecular formula is C44H57NO4. The molecule has 0 unspecified atom stereocenters. The molecule has 4 aromatic rings. The minimum absolute atomic E-state index is 0.0338. The summed E-state index contributed by atoms with van der Waals surface area (Å²) in [6.45, 7) is 2.22. The van der Waals surface area contributed by atoms with Crippen molar-refractivity contribution in [3.05, 3.63) is 144 Å². The van der Waals surface area contributed by atoms with Crippen LogP contribution >= 0.6 is 0 Å². The lowest BCUT2D eigenvalue weighted by Gasteiger charge is -2.38. The van der Waals surface area contributed by atoms with Crippen LogP contribution in [0.15, 0.2) is 121 Å². The first-order chi connectivity index (χ1) is 24.1. The molecule has 4 rings (SSSR count). The number of carbonyl (C=O) groups excluding carboxylic acids is 1. The van der Waals surface area contributed by atoms with E-state index in [1.54, 1.807) is 12.1 Å². The highest BCUT2D eigenvalue weighted by Gasteiger charge is 2.39. The van der Waals surface area contributed by atoms with Crippen molar-refractivity contribution in [3.8, 4) is 0 Å². The van der Waals surface area contributed by atoms with Crippen molar-refractivity contribution in [2.24, 2.45) is 0 Å². The van der Waals surface area contributed by atoms with Crippen LogP contribution in [-0.4, -0.2) is 41.0 Å². The fourth-order valence-electron chi connectivity index (χ4n) is 6.68. The van der Waals surface area contributed by atoms with Gasteiger partial charge in [-0.15, -0.1) is 0 Å². The third-order valence-electron chi connectivity index (χ3n) is 9.53. The molecule has 1 amide bonds. The number of amides is 1. The number of hydrogen-bond acceptors (Lipinski definition) is 4. The van der Waals surface area contributed by atoms with Crippen LogP contribution in [0.4, 0.5) is 0 Å². The monoisotopic (exact) mass is 663 g/mol. The van der Waals surface area contributed by atoms with Crippen LogP contribution in [0.1, 0.15) is 117 Å². The molecule has 0 spiro atoms. The van der Waals surface area contributed by atoms with E-state index >= 15 is 0 Å². The average Bonchev–Trinajstić information content (AvgIpc) is 3.16. The normalized spacial score (nSPS) is 13.4. The number of aliphatic hydroxyl groups excluding tert-OH is 2. The van der Waals surface area contributed by atoms with Gasteiger partial charge in [0.25, 0.3) is 5.91 Å². The fraction of sp³-hybridized carbons (Fsp3) is 0.432. The van der Waals surface area contributed by atoms with Gasteiger partial charge >= 0.3 is 0 Å². The molecule has 5 heteroatoms. The number of benzene rings is 4. The predicted molar refractivity (Wildman–Crippen MR) is 201 cm³/mol. The Labute approximate surface area is 294 Å². The minimum Gasteiger partial charge on any atom is -0.390 e. The van der Waals surface area contributed by atoms with Gasteiger partial charge < -0.3 is 20.3 Å². The first-order valence-electron chi connectivity index (χ1n) is 18.6. The van der Waals surface area contributed by atoms with Gasteiger partial charge in [-0.1, -0.05) is 193 Å². The molecule has 3 N–H and O–H groups in total. The van der Waals surface area contributed by atoms with E-state index in [-0.39, 0.29) is 12.5 Å². The second kappa shape index (κ2) is 21.3. The topological polar surface area (TPSA) is 78.8 Å². The summed E-state index contributed by atoms with van der Waals surface area (Å²) in [4.78, 5) is 13.4. The van der Waals surface area contributed by atoms with Gasteiger partial charge in [0.2, 0.25) is 0 Å². The predicted octanol–water partition coefficient (Wildman–Crippen LogP) is 9.61. The zero-order valence-corrected chi connectivity index (χ0v) is 29.4. The van der Waals surface area contributed by atoms with E-state index in [1.807, 2.05) is 109 Å². The Balaban J connectivity index is 1.45. The van der Waals surface area contributed by atoms with Crippen molar-refractivity contribution in [1.82, 2.24) is 5.32 Å². The van der Waals surface area contributed by atoms with Crippen LogP contribution < -0.4 is 5.32 Å². The summed E-state index contributed by atoms with van der Waals surface area (Å²) in [5.74, 6) is -0.324. The van der Waals surface area contributed by atoms with Crippen molar-refractivity contribution in [2.75, 3.05) is 6.61 Å². The highest BCUT2D eigenvalue weighted by atomic mass is 16.5. The fourth-order valence-corrected chi connectivity index (χ4v) is 6.68. The summed E-state index contributed by atoms with van der Waals surface area (Å²) >= 11 is 0. The van der Waals surface area contributed by atoms with Gasteiger partial charge in [-0.2, -0.15) is 0 Å². The smallest absolute Gasteiger partial charge is 0.251 e. The molecule has 49 heavy (non-hydrogen) atoms. The van der Waals surface area contributed by atoms with Gasteiger partial charge in [0.15, 0.2) is 0 Å². The van der Waals surface area contributed by atoms with Crippen molar-refractivity contribution in [2.45, 2.75) is 114 Å². The minimum atomic E-state index is -1.22. The van der Waals surface area contributed by atoms with Crippen LogP contribution in [-0.2, 0) is 10.3 Å². The van der Waals surface area contributed by atoms with Crippen LogP contribution in [0.5, 0.6) is 0 Å². The van der Waals surface area contributed by atoms with Gasteiger partial charge in [0.1, 0.15) is 11.7 Å². The lowest BCUT2D eigenvalue weighted by atomic mass is 9.80. The number of ether oxygens (including phenoxy) is 1. The molecule has 0 heterocycles. The molecular weight excluding hydrogens is 606 g/mol. The number of carbonyl (C=O) groups is 1. The van der Waals surface area contributed by atoms with Crippen LogP contribution in [0.3, 0.4) is 0 Å². The van der Waals surface area contributed by atoms with E-state index in [1.165, 1.54) is 57.8 Å². The zero-order chi connectivity index (χ0) is 34.6. The maximum atomic E-state index is 13.4. The standard InChI is InChI=1S/C44H57NO4/c1-2-3-4-5-6-7-8-9-10-11-12-25-34-41(46)42(47)40(45-43(48)36-26-17-13-18-27-36)35-49-44(37-28-19-14-20-29-37,38-30-21-15-22-31-38)39-32-23-16-24-33-39/h13-24,26-33,40-42,46-47H,2-12,25,34-35H2,1H3,(H,45,48)/t40-,41+,42-/m0/s1. The molecule has 0 aliphatic rings. The van der Waals surface area contributed by atoms with Crippen molar-refractivity contribution >= 4 is 5.91 Å². The van der Waals surface area contributed by atoms with E-state index in [9.17, 15) is 15.0 Å². The van der Waals surface area contributed by atoms with Gasteiger partial charge in [-0.3, -0.25) is 4.79 Å². The molecule has 0 aliphatic carbocycles. The number of unbranched alkanes of at least 4 members (excludes halogenated alkanes) is 11. The molecule has 0 radical (unpaired) electrons. The van der Waals surface area contributed by atoms with E-state index in [2.05, 4.69) is 12.2 Å². The van der Waals surface area contributed by atoms with Gasteiger partial charge in [-0.05, 0) is 35.2 Å². The lowest BCUT2D eigenvalue weighted by molar-refractivity contribution is -0.0569. The first kappa shape index (κ1) is 38.0. The summed E-state index contributed by atoms with van der Waals surface area (Å²) in [6, 6.07) is 38.2. The van der Waals surface area contributed by atoms with E-state index < -0.39 is 23.9 Å². The van der Waals surface area contributed by atoms with Gasteiger partial charge in [0, 0.05) is 5.56 Å². The Bertz CT molecular complexity index is 1330. The number of rotatable bonds is 23. The van der Waals surface area contributed by atoms with Crippen LogP contribution in [0.25, 0.3) is 0 Å². The van der Waals surface area contributed by atoms with Crippen LogP contribution in [0.2, 0.25) is 0 Å². The molecule has 0 fully saturated rings. The van der Waals surface area contributed by atoms with Gasteiger partial charge in [0.05, 0.1) is 18.8 Å². The molecule has 5 nitrogen and oxygen atoms in total. The second-order valence-electron chi connectivity index (χ2n) is 13.3. The summed E-state index contributed by atoms with van der Waals surface area (Å²) in [5, 5.41) is 25.9. The average molecular weight is 664 g/mol. The molecule has 4 aromatic carbocycles. The van der Waals surface area contributed by atoms with Crippen LogP contribution in [0, 0.1) is 0 Å². The third-order valence-corrected chi connectivity index (χ3v) is 9.53. The quantitative estimate of drug-likeness (QED) is 0.0546. The maximum absolute atomic E-state index is 13.4. The third kappa shape index (κ3) is 11.7. The first-order valence-corrected chi connectivity index (χ1v) is 18.6. The molecule has 0 saturated carbocycles. The Kier molecular flexibility index (Phi) is 16.6. The maximum Gasteiger partial charge on any atom is 0.251 e. The molecule has 0 saturated heterocycles. The SMILES string of the molecule is CCCCCCCCCCCCCC[C@@H](O)[C@@H](O)[C@H](COC(c1ccccc1)(c1ccccc1)c1ccccc1)NC(=O)c1ccccc1. The molecule has 3 atom stereocenters. The summed E-state index contributed by atoms with van der Waals surface area (Å²) in [7, 11) is 0. The van der Waals surface area contributed by atoms with Crippen molar-refractivity contribution < 1.29 is 19.7 Å². The second-order valence-corrected chi connectivity index (χ2v) is 13.3. The van der Waals surface area contributed by atoms with Crippen molar-refractivity contribution in [3.63, 3.8) is 0 Å². The summed E-state index contributed by atoms with van der Waals surface area (Å²) in [5.41, 5.74) is 2.22. The van der Waals surface area contributed by atoms with E-state index in [0.717, 1.165) is 36.0 Å². The Morgan fingerprint density at radius 2 is 0.980 bits per heavy atom. The number of hydrogen-bond donors (Lipinski definition) is 3. The number of aliphatic hydroxyl groups is 2. The molecule has 0 aromatic heterocycles. The Morgan fingerprint density at radius 3 is 1.41 bits per heavy atom. The lowest BCUT2D eigenvalue weighted by Crippen LogP contribution is -2.52.